The number of carbonyl (C=O) groups excluding carboxylic acids is 1. The first-order chi connectivity index (χ1) is 8.14. The molecule has 17 heavy (non-hydrogen) atoms. The van der Waals surface area contributed by atoms with E-state index >= 15 is 0 Å². The van der Waals surface area contributed by atoms with Gasteiger partial charge in [0.1, 0.15) is 10.9 Å². The van der Waals surface area contributed by atoms with Gasteiger partial charge in [-0.2, -0.15) is 5.26 Å². The maximum absolute atomic E-state index is 12.1. The van der Waals surface area contributed by atoms with Gasteiger partial charge >= 0.3 is 0 Å². The van der Waals surface area contributed by atoms with Crippen molar-refractivity contribution in [2.24, 2.45) is 5.41 Å². The number of Topliss-reactive ketones (excluding diaryl/α,β-unsaturated/α-hetero) is 1. The van der Waals surface area contributed by atoms with Crippen LogP contribution in [0.1, 0.15) is 29.1 Å². The van der Waals surface area contributed by atoms with Gasteiger partial charge in [0.15, 0.2) is 17.3 Å². The van der Waals surface area contributed by atoms with Gasteiger partial charge in [0.05, 0.1) is 6.07 Å². The summed E-state index contributed by atoms with van der Waals surface area (Å²) in [6, 6.07) is 7.24. The van der Waals surface area contributed by atoms with Crippen molar-refractivity contribution in [3.63, 3.8) is 0 Å². The molecule has 0 N–H and O–H groups in total. The smallest absolute Gasteiger partial charge is 0.192 e. The lowest BCUT2D eigenvalue weighted by Gasteiger charge is -2.03. The van der Waals surface area contributed by atoms with Gasteiger partial charge in [-0.25, -0.2) is 4.98 Å². The van der Waals surface area contributed by atoms with Crippen LogP contribution >= 0.6 is 0 Å². The molecule has 0 bridgehead atoms. The molecular weight excluding hydrogens is 216 g/mol. The molecule has 84 valence electrons. The topological polar surface area (TPSA) is 66.9 Å². The third kappa shape index (κ3) is 1.43. The van der Waals surface area contributed by atoms with E-state index in [2.05, 4.69) is 11.1 Å². The van der Waals surface area contributed by atoms with E-state index in [-0.39, 0.29) is 5.78 Å². The number of nitriles is 1. The quantitative estimate of drug-likeness (QED) is 0.738. The van der Waals surface area contributed by atoms with E-state index in [1.165, 1.54) is 0 Å². The molecule has 0 spiro atoms. The van der Waals surface area contributed by atoms with Crippen LogP contribution in [0.25, 0.3) is 11.1 Å². The number of carbonyl (C=O) groups is 1. The fraction of sp³-hybridized carbons (Fsp3) is 0.308. The van der Waals surface area contributed by atoms with E-state index in [1.807, 2.05) is 0 Å². The summed E-state index contributed by atoms with van der Waals surface area (Å²) in [5, 5.41) is 9.00. The van der Waals surface area contributed by atoms with Gasteiger partial charge in [0, 0.05) is 12.5 Å². The van der Waals surface area contributed by atoms with Crippen LogP contribution in [-0.2, 0) is 0 Å². The lowest BCUT2D eigenvalue weighted by molar-refractivity contribution is 0.0935. The average Bonchev–Trinajstić information content (AvgIpc) is 3.03. The second-order valence-electron chi connectivity index (χ2n) is 4.44. The first-order valence-corrected chi connectivity index (χ1v) is 5.48. The molecule has 4 heteroatoms. The van der Waals surface area contributed by atoms with Crippen molar-refractivity contribution in [2.75, 3.05) is 0 Å². The van der Waals surface area contributed by atoms with Crippen LogP contribution < -0.4 is 0 Å². The number of nitrogens with zero attached hydrogens (tertiary/aromatic N) is 2. The van der Waals surface area contributed by atoms with Crippen molar-refractivity contribution in [1.29, 1.82) is 5.26 Å². The standard InChI is InChI=1S/C13H10N2O2/c1-8-15-10-6-9(2-3-11(10)17-8)12(16)13(7-14)4-5-13/h2-3,6H,4-5H2,1H3. The Bertz CT molecular complexity index is 660. The summed E-state index contributed by atoms with van der Waals surface area (Å²) in [4.78, 5) is 16.3. The van der Waals surface area contributed by atoms with Crippen LogP contribution in [0.2, 0.25) is 0 Å². The molecule has 1 heterocycles. The fourth-order valence-corrected chi connectivity index (χ4v) is 1.97. The highest BCUT2D eigenvalue weighted by atomic mass is 16.3. The average molecular weight is 226 g/mol. The molecule has 0 aliphatic heterocycles. The predicted octanol–water partition coefficient (Wildman–Crippen LogP) is 2.62. The summed E-state index contributed by atoms with van der Waals surface area (Å²) in [5.74, 6) is 0.480. The van der Waals surface area contributed by atoms with Crippen LogP contribution in [0.15, 0.2) is 22.6 Å². The van der Waals surface area contributed by atoms with Gasteiger partial charge in [-0.05, 0) is 31.0 Å². The lowest BCUT2D eigenvalue weighted by atomic mass is 9.96. The molecule has 3 rings (SSSR count). The van der Waals surface area contributed by atoms with Crippen molar-refractivity contribution >= 4 is 16.9 Å². The highest BCUT2D eigenvalue weighted by Gasteiger charge is 2.50. The van der Waals surface area contributed by atoms with E-state index < -0.39 is 5.41 Å². The largest absolute Gasteiger partial charge is 0.441 e. The minimum atomic E-state index is -0.771. The van der Waals surface area contributed by atoms with Crippen LogP contribution in [0.5, 0.6) is 0 Å². The summed E-state index contributed by atoms with van der Waals surface area (Å²) >= 11 is 0. The maximum atomic E-state index is 12.1. The molecule has 1 aliphatic carbocycles. The third-order valence-corrected chi connectivity index (χ3v) is 3.16. The fourth-order valence-electron chi connectivity index (χ4n) is 1.97. The second kappa shape index (κ2) is 3.17. The Labute approximate surface area is 97.9 Å². The van der Waals surface area contributed by atoms with Crippen molar-refractivity contribution < 1.29 is 9.21 Å². The first-order valence-electron chi connectivity index (χ1n) is 5.48. The molecule has 2 aromatic rings. The van der Waals surface area contributed by atoms with Crippen molar-refractivity contribution in [2.45, 2.75) is 19.8 Å². The van der Waals surface area contributed by atoms with Gasteiger partial charge in [0.25, 0.3) is 0 Å². The van der Waals surface area contributed by atoms with Crippen LogP contribution in [0, 0.1) is 23.7 Å². The lowest BCUT2D eigenvalue weighted by Crippen LogP contribution is -2.13. The van der Waals surface area contributed by atoms with Crippen LogP contribution in [-0.4, -0.2) is 10.8 Å². The zero-order valence-electron chi connectivity index (χ0n) is 9.36. The summed E-state index contributed by atoms with van der Waals surface area (Å²) < 4.78 is 5.34. The normalized spacial score (nSPS) is 16.7. The highest BCUT2D eigenvalue weighted by Crippen LogP contribution is 2.47. The van der Waals surface area contributed by atoms with Crippen molar-refractivity contribution in [3.8, 4) is 6.07 Å². The van der Waals surface area contributed by atoms with Gasteiger partial charge in [-0.3, -0.25) is 4.79 Å². The van der Waals surface area contributed by atoms with E-state index in [1.54, 1.807) is 25.1 Å². The van der Waals surface area contributed by atoms with E-state index in [4.69, 9.17) is 9.68 Å². The van der Waals surface area contributed by atoms with E-state index in [0.29, 0.717) is 35.4 Å². The first kappa shape index (κ1) is 10.0. The number of benzene rings is 1. The highest BCUT2D eigenvalue weighted by molar-refractivity contribution is 6.05. The number of rotatable bonds is 2. The van der Waals surface area contributed by atoms with E-state index in [0.717, 1.165) is 0 Å². The van der Waals surface area contributed by atoms with Crippen molar-refractivity contribution in [1.82, 2.24) is 4.98 Å². The SMILES string of the molecule is Cc1nc2cc(C(=O)C3(C#N)CC3)ccc2o1. The predicted molar refractivity (Wildman–Crippen MR) is 60.4 cm³/mol. The Balaban J connectivity index is 2.07. The minimum Gasteiger partial charge on any atom is -0.441 e. The minimum absolute atomic E-state index is 0.0949. The molecule has 1 aliphatic rings. The number of oxazole rings is 1. The molecule has 0 amide bonds. The summed E-state index contributed by atoms with van der Waals surface area (Å²) in [6.07, 6.45) is 1.33. The molecule has 1 fully saturated rings. The van der Waals surface area contributed by atoms with E-state index in [9.17, 15) is 4.79 Å². The van der Waals surface area contributed by atoms with Crippen molar-refractivity contribution in [3.05, 3.63) is 29.7 Å². The number of hydrogen-bond donors (Lipinski definition) is 0. The molecule has 0 atom stereocenters. The van der Waals surface area contributed by atoms with Gasteiger partial charge < -0.3 is 4.42 Å². The Morgan fingerprint density at radius 3 is 2.94 bits per heavy atom. The molecule has 1 saturated carbocycles. The molecule has 0 radical (unpaired) electrons. The number of hydrogen-bond acceptors (Lipinski definition) is 4. The maximum Gasteiger partial charge on any atom is 0.192 e. The molecule has 1 aromatic carbocycles. The third-order valence-electron chi connectivity index (χ3n) is 3.16. The molecule has 1 aromatic heterocycles. The van der Waals surface area contributed by atoms with Crippen LogP contribution in [0.3, 0.4) is 0 Å². The van der Waals surface area contributed by atoms with Gasteiger partial charge in [0.2, 0.25) is 0 Å². The Kier molecular flexibility index (Phi) is 1.87. The zero-order chi connectivity index (χ0) is 12.0. The number of fused-ring (bicyclic) bond motifs is 1. The summed E-state index contributed by atoms with van der Waals surface area (Å²) in [6.45, 7) is 1.76. The Hall–Kier alpha value is -2.15. The second-order valence-corrected chi connectivity index (χ2v) is 4.44. The zero-order valence-corrected chi connectivity index (χ0v) is 9.36. The van der Waals surface area contributed by atoms with Crippen LogP contribution in [0.4, 0.5) is 0 Å². The van der Waals surface area contributed by atoms with Gasteiger partial charge in [-0.15, -0.1) is 0 Å². The summed E-state index contributed by atoms with van der Waals surface area (Å²) in [5.41, 5.74) is 1.11. The molecule has 4 nitrogen and oxygen atoms in total. The van der Waals surface area contributed by atoms with Gasteiger partial charge in [-0.1, -0.05) is 0 Å². The number of aryl methyl sites for hydroxylation is 1. The monoisotopic (exact) mass is 226 g/mol. The Morgan fingerprint density at radius 1 is 1.53 bits per heavy atom. The molecule has 0 unspecified atom stereocenters. The molecule has 0 saturated heterocycles. The molecular formula is C13H10N2O2. The Morgan fingerprint density at radius 2 is 2.29 bits per heavy atom. The summed E-state index contributed by atoms with van der Waals surface area (Å²) in [7, 11) is 0. The number of aromatic nitrogens is 1. The number of ketones is 1.